The zero-order chi connectivity index (χ0) is 16.2. The van der Waals surface area contributed by atoms with Gasteiger partial charge in [-0.1, -0.05) is 30.3 Å². The minimum atomic E-state index is -0.0411. The lowest BCUT2D eigenvalue weighted by Gasteiger charge is -2.20. The predicted molar refractivity (Wildman–Crippen MR) is 93.6 cm³/mol. The van der Waals surface area contributed by atoms with E-state index in [-0.39, 0.29) is 12.1 Å². The van der Waals surface area contributed by atoms with Gasteiger partial charge in [-0.25, -0.2) is 9.78 Å². The van der Waals surface area contributed by atoms with Crippen LogP contribution in [-0.2, 0) is 6.42 Å². The molecule has 2 heterocycles. The van der Waals surface area contributed by atoms with Crippen LogP contribution in [0.1, 0.15) is 35.7 Å². The van der Waals surface area contributed by atoms with Gasteiger partial charge in [0.2, 0.25) is 0 Å². The Bertz CT molecular complexity index is 655. The predicted octanol–water partition coefficient (Wildman–Crippen LogP) is 3.79. The second-order valence-electron chi connectivity index (χ2n) is 6.25. The Balaban J connectivity index is 1.51. The van der Waals surface area contributed by atoms with Crippen LogP contribution in [-0.4, -0.2) is 29.0 Å². The molecule has 4 nitrogen and oxygen atoms in total. The maximum Gasteiger partial charge on any atom is 0.317 e. The van der Waals surface area contributed by atoms with Crippen LogP contribution in [0.3, 0.4) is 0 Å². The van der Waals surface area contributed by atoms with Crippen molar-refractivity contribution in [1.29, 1.82) is 0 Å². The molecule has 0 unspecified atom stereocenters. The summed E-state index contributed by atoms with van der Waals surface area (Å²) in [5.41, 5.74) is 2.30. The molecule has 1 aliphatic rings. The first-order valence-corrected chi connectivity index (χ1v) is 9.01. The fourth-order valence-electron chi connectivity index (χ4n) is 3.06. The zero-order valence-electron chi connectivity index (χ0n) is 13.7. The molecule has 1 aromatic heterocycles. The molecular formula is C18H23N3OS. The average Bonchev–Trinajstić information content (AvgIpc) is 3.17. The third kappa shape index (κ3) is 4.10. The summed E-state index contributed by atoms with van der Waals surface area (Å²) < 4.78 is 0. The van der Waals surface area contributed by atoms with Crippen molar-refractivity contribution in [1.82, 2.24) is 15.2 Å². The molecule has 2 amide bonds. The fourth-order valence-corrected chi connectivity index (χ4v) is 3.77. The molecule has 0 bridgehead atoms. The molecule has 0 spiro atoms. The van der Waals surface area contributed by atoms with Gasteiger partial charge in [-0.2, -0.15) is 0 Å². The lowest BCUT2D eigenvalue weighted by atomic mass is 9.99. The quantitative estimate of drug-likeness (QED) is 0.927. The van der Waals surface area contributed by atoms with Crippen LogP contribution >= 0.6 is 11.3 Å². The summed E-state index contributed by atoms with van der Waals surface area (Å²) in [6.45, 7) is 5.65. The molecule has 0 aliphatic carbocycles. The van der Waals surface area contributed by atoms with E-state index in [1.54, 1.807) is 11.3 Å². The number of rotatable bonds is 4. The third-order valence-electron chi connectivity index (χ3n) is 4.36. The van der Waals surface area contributed by atoms with Crippen LogP contribution in [0.4, 0.5) is 4.79 Å². The van der Waals surface area contributed by atoms with Crippen molar-refractivity contribution in [2.75, 3.05) is 13.1 Å². The van der Waals surface area contributed by atoms with Crippen molar-refractivity contribution >= 4 is 17.4 Å². The largest absolute Gasteiger partial charge is 0.330 e. The maximum atomic E-state index is 12.4. The third-order valence-corrected chi connectivity index (χ3v) is 5.15. The van der Waals surface area contributed by atoms with Crippen LogP contribution in [0.2, 0.25) is 0 Å². The number of carbonyl (C=O) groups is 1. The van der Waals surface area contributed by atoms with Crippen LogP contribution in [0, 0.1) is 12.8 Å². The van der Waals surface area contributed by atoms with Gasteiger partial charge < -0.3 is 10.2 Å². The van der Waals surface area contributed by atoms with Crippen molar-refractivity contribution in [3.05, 3.63) is 52.0 Å². The van der Waals surface area contributed by atoms with Crippen LogP contribution in [0.15, 0.2) is 35.7 Å². The molecule has 1 N–H and O–H groups in total. The summed E-state index contributed by atoms with van der Waals surface area (Å²) in [4.78, 5) is 18.8. The second-order valence-corrected chi connectivity index (χ2v) is 7.32. The molecule has 2 aromatic rings. The number of hydrogen-bond acceptors (Lipinski definition) is 3. The fraction of sp³-hybridized carbons (Fsp3) is 0.444. The van der Waals surface area contributed by atoms with Crippen molar-refractivity contribution < 1.29 is 4.79 Å². The van der Waals surface area contributed by atoms with E-state index in [1.807, 2.05) is 30.2 Å². The van der Waals surface area contributed by atoms with Crippen molar-refractivity contribution in [2.45, 2.75) is 32.7 Å². The Morgan fingerprint density at radius 1 is 1.43 bits per heavy atom. The van der Waals surface area contributed by atoms with Gasteiger partial charge in [0.1, 0.15) is 0 Å². The van der Waals surface area contributed by atoms with Crippen molar-refractivity contribution in [2.24, 2.45) is 5.92 Å². The van der Waals surface area contributed by atoms with Gasteiger partial charge in [0.15, 0.2) is 0 Å². The van der Waals surface area contributed by atoms with E-state index >= 15 is 0 Å². The van der Waals surface area contributed by atoms with Crippen LogP contribution < -0.4 is 5.32 Å². The van der Waals surface area contributed by atoms with E-state index in [9.17, 15) is 4.79 Å². The zero-order valence-corrected chi connectivity index (χ0v) is 14.5. The monoisotopic (exact) mass is 329 g/mol. The summed E-state index contributed by atoms with van der Waals surface area (Å²) in [6, 6.07) is 10.5. The van der Waals surface area contributed by atoms with E-state index in [0.717, 1.165) is 36.6 Å². The highest BCUT2D eigenvalue weighted by Gasteiger charge is 2.27. The van der Waals surface area contributed by atoms with Gasteiger partial charge in [0.25, 0.3) is 0 Å². The highest BCUT2D eigenvalue weighted by Crippen LogP contribution is 2.22. The Labute approximate surface area is 141 Å². The first-order valence-electron chi connectivity index (χ1n) is 8.13. The molecule has 1 fully saturated rings. The minimum Gasteiger partial charge on any atom is -0.330 e. The van der Waals surface area contributed by atoms with Gasteiger partial charge >= 0.3 is 6.03 Å². The lowest BCUT2D eigenvalue weighted by molar-refractivity contribution is 0.203. The molecule has 2 atom stereocenters. The summed E-state index contributed by atoms with van der Waals surface area (Å²) in [5.74, 6) is 0.556. The highest BCUT2D eigenvalue weighted by molar-refractivity contribution is 7.09. The standard InChI is InChI=1S/C18H23N3OS/c1-13(17-12-23-14(2)20-17)19-18(22)21-9-8-16(11-21)10-15-6-4-3-5-7-15/h3-7,12-13,16H,8-11H2,1-2H3,(H,19,22)/t13-,16-/m1/s1. The second kappa shape index (κ2) is 7.13. The number of nitrogens with one attached hydrogen (secondary N) is 1. The van der Waals surface area contributed by atoms with Gasteiger partial charge in [-0.05, 0) is 38.2 Å². The molecule has 23 heavy (non-hydrogen) atoms. The first-order chi connectivity index (χ1) is 11.1. The van der Waals surface area contributed by atoms with Crippen molar-refractivity contribution in [3.8, 4) is 0 Å². The topological polar surface area (TPSA) is 45.2 Å². The molecule has 1 saturated heterocycles. The number of aromatic nitrogens is 1. The molecule has 3 rings (SSSR count). The summed E-state index contributed by atoms with van der Waals surface area (Å²) in [5, 5.41) is 6.12. The van der Waals surface area contributed by atoms with Gasteiger partial charge in [-0.3, -0.25) is 0 Å². The Morgan fingerprint density at radius 3 is 2.91 bits per heavy atom. The Hall–Kier alpha value is -1.88. The number of amides is 2. The molecule has 1 aliphatic heterocycles. The smallest absolute Gasteiger partial charge is 0.317 e. The maximum absolute atomic E-state index is 12.4. The number of nitrogens with zero attached hydrogens (tertiary/aromatic N) is 2. The SMILES string of the molecule is Cc1nc([C@@H](C)NC(=O)N2CC[C@H](Cc3ccccc3)C2)cs1. The van der Waals surface area contributed by atoms with Gasteiger partial charge in [0.05, 0.1) is 16.7 Å². The molecule has 1 aromatic carbocycles. The van der Waals surface area contributed by atoms with E-state index in [4.69, 9.17) is 0 Å². The number of benzene rings is 1. The van der Waals surface area contributed by atoms with E-state index in [0.29, 0.717) is 5.92 Å². The molecule has 0 saturated carbocycles. The minimum absolute atomic E-state index is 0.0266. The van der Waals surface area contributed by atoms with E-state index in [1.165, 1.54) is 5.56 Å². The summed E-state index contributed by atoms with van der Waals surface area (Å²) >= 11 is 1.62. The van der Waals surface area contributed by atoms with Gasteiger partial charge in [-0.15, -0.1) is 11.3 Å². The van der Waals surface area contributed by atoms with Gasteiger partial charge in [0, 0.05) is 18.5 Å². The highest BCUT2D eigenvalue weighted by atomic mass is 32.1. The molecule has 5 heteroatoms. The summed E-state index contributed by atoms with van der Waals surface area (Å²) in [6.07, 6.45) is 2.12. The Kier molecular flexibility index (Phi) is 4.96. The van der Waals surface area contributed by atoms with Crippen molar-refractivity contribution in [3.63, 3.8) is 0 Å². The number of thiazole rings is 1. The Morgan fingerprint density at radius 2 is 2.22 bits per heavy atom. The lowest BCUT2D eigenvalue weighted by Crippen LogP contribution is -2.39. The van der Waals surface area contributed by atoms with Crippen LogP contribution in [0.5, 0.6) is 0 Å². The first kappa shape index (κ1) is 16.0. The van der Waals surface area contributed by atoms with Crippen LogP contribution in [0.25, 0.3) is 0 Å². The average molecular weight is 329 g/mol. The molecular weight excluding hydrogens is 306 g/mol. The number of urea groups is 1. The normalized spacial score (nSPS) is 18.9. The van der Waals surface area contributed by atoms with E-state index < -0.39 is 0 Å². The number of hydrogen-bond donors (Lipinski definition) is 1. The number of carbonyl (C=O) groups excluding carboxylic acids is 1. The number of aryl methyl sites for hydroxylation is 1. The summed E-state index contributed by atoms with van der Waals surface area (Å²) in [7, 11) is 0. The number of likely N-dealkylation sites (tertiary alicyclic amines) is 1. The molecule has 122 valence electrons. The molecule has 0 radical (unpaired) electrons. The van der Waals surface area contributed by atoms with E-state index in [2.05, 4.69) is 34.6 Å².